The number of nitrogens with zero attached hydrogens (tertiary/aromatic N) is 1. The first-order chi connectivity index (χ1) is 15.4. The van der Waals surface area contributed by atoms with Crippen molar-refractivity contribution in [3.05, 3.63) is 90.3 Å². The van der Waals surface area contributed by atoms with Gasteiger partial charge in [0.25, 0.3) is 5.91 Å². The maximum absolute atomic E-state index is 12.2. The summed E-state index contributed by atoms with van der Waals surface area (Å²) in [6.07, 6.45) is 1.54. The minimum absolute atomic E-state index is 0.277. The number of amides is 1. The third kappa shape index (κ3) is 6.72. The highest BCUT2D eigenvalue weighted by atomic mass is 79.9. The Bertz CT molecular complexity index is 1120. The van der Waals surface area contributed by atoms with Crippen molar-refractivity contribution in [1.82, 2.24) is 5.43 Å². The molecule has 0 bridgehead atoms. The molecule has 0 saturated carbocycles. The fourth-order valence-corrected chi connectivity index (χ4v) is 4.59. The molecular weight excluding hydrogens is 583 g/mol. The Labute approximate surface area is 213 Å². The van der Waals surface area contributed by atoms with Crippen LogP contribution in [0.3, 0.4) is 0 Å². The molecule has 0 atom stereocenters. The van der Waals surface area contributed by atoms with Crippen LogP contribution in [0.5, 0.6) is 11.5 Å². The Morgan fingerprint density at radius 2 is 1.72 bits per heavy atom. The largest absolute Gasteiger partial charge is 0.494 e. The van der Waals surface area contributed by atoms with Crippen LogP contribution >= 0.6 is 55.1 Å². The second-order valence-corrected chi connectivity index (χ2v) is 9.05. The predicted molar refractivity (Wildman–Crippen MR) is 135 cm³/mol. The lowest BCUT2D eigenvalue weighted by atomic mass is 10.2. The molecule has 0 aliphatic rings. The highest BCUT2D eigenvalue weighted by molar-refractivity contribution is 9.11. The Balaban J connectivity index is 1.62. The normalized spacial score (nSPS) is 10.9. The lowest BCUT2D eigenvalue weighted by Gasteiger charge is -2.12. The van der Waals surface area contributed by atoms with Gasteiger partial charge in [-0.05, 0) is 92.9 Å². The average molecular weight is 601 g/mol. The molecule has 32 heavy (non-hydrogen) atoms. The van der Waals surface area contributed by atoms with E-state index in [9.17, 15) is 4.79 Å². The first-order valence-electron chi connectivity index (χ1n) is 9.49. The van der Waals surface area contributed by atoms with E-state index in [1.807, 2.05) is 25.1 Å². The van der Waals surface area contributed by atoms with E-state index in [0.717, 1.165) is 20.1 Å². The van der Waals surface area contributed by atoms with Crippen molar-refractivity contribution in [2.45, 2.75) is 13.5 Å². The fraction of sp³-hybridized carbons (Fsp3) is 0.130. The summed E-state index contributed by atoms with van der Waals surface area (Å²) in [6, 6.07) is 15.8. The number of halogens is 4. The molecule has 0 saturated heterocycles. The molecule has 0 fully saturated rings. The molecule has 1 N–H and O–H groups in total. The number of carbonyl (C=O) groups excluding carboxylic acids is 1. The monoisotopic (exact) mass is 598 g/mol. The highest BCUT2D eigenvalue weighted by Gasteiger charge is 2.11. The Morgan fingerprint density at radius 3 is 2.34 bits per heavy atom. The maximum atomic E-state index is 12.2. The van der Waals surface area contributed by atoms with Crippen molar-refractivity contribution in [3.8, 4) is 11.5 Å². The summed E-state index contributed by atoms with van der Waals surface area (Å²) < 4.78 is 12.7. The smallest absolute Gasteiger partial charge is 0.271 e. The number of benzene rings is 3. The SMILES string of the molecule is CCOc1ccc(C(=O)N/N=C\c2cc(Br)c(OCc3ccc(Cl)cc3Cl)c(Br)c2)cc1. The van der Waals surface area contributed by atoms with Crippen molar-refractivity contribution < 1.29 is 14.3 Å². The van der Waals surface area contributed by atoms with Crippen molar-refractivity contribution in [2.75, 3.05) is 6.61 Å². The molecular formula is C23H18Br2Cl2N2O3. The lowest BCUT2D eigenvalue weighted by Crippen LogP contribution is -2.17. The molecule has 9 heteroatoms. The van der Waals surface area contributed by atoms with Gasteiger partial charge in [-0.1, -0.05) is 29.3 Å². The van der Waals surface area contributed by atoms with Gasteiger partial charge in [-0.3, -0.25) is 4.79 Å². The maximum Gasteiger partial charge on any atom is 0.271 e. The minimum Gasteiger partial charge on any atom is -0.494 e. The summed E-state index contributed by atoms with van der Waals surface area (Å²) in [7, 11) is 0. The summed E-state index contributed by atoms with van der Waals surface area (Å²) in [6.45, 7) is 2.75. The van der Waals surface area contributed by atoms with E-state index in [4.69, 9.17) is 32.7 Å². The molecule has 0 spiro atoms. The third-order valence-electron chi connectivity index (χ3n) is 4.21. The molecule has 3 aromatic rings. The molecule has 1 amide bonds. The Hall–Kier alpha value is -2.06. The van der Waals surface area contributed by atoms with E-state index < -0.39 is 0 Å². The van der Waals surface area contributed by atoms with Crippen LogP contribution in [0.1, 0.15) is 28.4 Å². The quantitative estimate of drug-likeness (QED) is 0.219. The topological polar surface area (TPSA) is 59.9 Å². The van der Waals surface area contributed by atoms with Gasteiger partial charge >= 0.3 is 0 Å². The molecule has 0 radical (unpaired) electrons. The van der Waals surface area contributed by atoms with Gasteiger partial charge in [-0.2, -0.15) is 5.10 Å². The summed E-state index contributed by atoms with van der Waals surface area (Å²) in [4.78, 5) is 12.2. The molecule has 0 heterocycles. The van der Waals surface area contributed by atoms with Crippen LogP contribution in [0.15, 0.2) is 68.6 Å². The molecule has 166 valence electrons. The standard InChI is InChI=1S/C23H18Br2Cl2N2O3/c1-2-31-18-7-4-15(5-8-18)23(30)29-28-12-14-9-19(24)22(20(25)10-14)32-13-16-3-6-17(26)11-21(16)27/h3-12H,2,13H2,1H3,(H,29,30)/b28-12-. The van der Waals surface area contributed by atoms with Crippen molar-refractivity contribution in [1.29, 1.82) is 0 Å². The second kappa shape index (κ2) is 11.7. The number of rotatable bonds is 8. The van der Waals surface area contributed by atoms with Crippen LogP contribution in [0.25, 0.3) is 0 Å². The number of ether oxygens (including phenoxy) is 2. The molecule has 0 unspecified atom stereocenters. The van der Waals surface area contributed by atoms with E-state index in [0.29, 0.717) is 33.7 Å². The van der Waals surface area contributed by atoms with Gasteiger partial charge in [-0.15, -0.1) is 0 Å². The van der Waals surface area contributed by atoms with Gasteiger partial charge in [-0.25, -0.2) is 5.43 Å². The number of nitrogens with one attached hydrogen (secondary N) is 1. The summed E-state index contributed by atoms with van der Waals surface area (Å²) in [5, 5.41) is 5.14. The van der Waals surface area contributed by atoms with E-state index in [1.54, 1.807) is 42.6 Å². The highest BCUT2D eigenvalue weighted by Crippen LogP contribution is 2.35. The molecule has 3 aromatic carbocycles. The van der Waals surface area contributed by atoms with Gasteiger partial charge in [0.1, 0.15) is 18.1 Å². The van der Waals surface area contributed by atoms with Crippen LogP contribution in [-0.2, 0) is 6.61 Å². The van der Waals surface area contributed by atoms with Crippen LogP contribution in [0.2, 0.25) is 10.0 Å². The minimum atomic E-state index is -0.317. The lowest BCUT2D eigenvalue weighted by molar-refractivity contribution is 0.0955. The average Bonchev–Trinajstić information content (AvgIpc) is 2.75. The molecule has 0 aromatic heterocycles. The number of hydrazone groups is 1. The molecule has 0 aliphatic carbocycles. The predicted octanol–water partition coefficient (Wildman–Crippen LogP) is 7.26. The number of carbonyl (C=O) groups is 1. The zero-order valence-corrected chi connectivity index (χ0v) is 21.6. The molecule has 5 nitrogen and oxygen atoms in total. The molecule has 3 rings (SSSR count). The Kier molecular flexibility index (Phi) is 8.99. The fourth-order valence-electron chi connectivity index (χ4n) is 2.68. The first-order valence-corrected chi connectivity index (χ1v) is 11.8. The number of hydrogen-bond donors (Lipinski definition) is 1. The van der Waals surface area contributed by atoms with Gasteiger partial charge in [0, 0.05) is 21.2 Å². The van der Waals surface area contributed by atoms with Gasteiger partial charge in [0.2, 0.25) is 0 Å². The van der Waals surface area contributed by atoms with Crippen LogP contribution in [0.4, 0.5) is 0 Å². The summed E-state index contributed by atoms with van der Waals surface area (Å²) in [5.74, 6) is 1.01. The second-order valence-electron chi connectivity index (χ2n) is 6.49. The zero-order chi connectivity index (χ0) is 23.1. The van der Waals surface area contributed by atoms with Crippen molar-refractivity contribution in [3.63, 3.8) is 0 Å². The van der Waals surface area contributed by atoms with Crippen LogP contribution in [-0.4, -0.2) is 18.7 Å². The van der Waals surface area contributed by atoms with Crippen molar-refractivity contribution in [2.24, 2.45) is 5.10 Å². The van der Waals surface area contributed by atoms with E-state index in [-0.39, 0.29) is 12.5 Å². The summed E-state index contributed by atoms with van der Waals surface area (Å²) in [5.41, 5.74) is 4.57. The van der Waals surface area contributed by atoms with E-state index in [2.05, 4.69) is 42.4 Å². The van der Waals surface area contributed by atoms with Gasteiger partial charge in [0.05, 0.1) is 21.8 Å². The van der Waals surface area contributed by atoms with Crippen LogP contribution < -0.4 is 14.9 Å². The molecule has 0 aliphatic heterocycles. The van der Waals surface area contributed by atoms with E-state index in [1.165, 1.54) is 0 Å². The zero-order valence-electron chi connectivity index (χ0n) is 16.9. The summed E-state index contributed by atoms with van der Waals surface area (Å²) >= 11 is 19.2. The van der Waals surface area contributed by atoms with Gasteiger partial charge in [0.15, 0.2) is 0 Å². The van der Waals surface area contributed by atoms with Crippen LogP contribution in [0, 0.1) is 0 Å². The first kappa shape index (κ1) is 24.6. The van der Waals surface area contributed by atoms with E-state index >= 15 is 0 Å². The third-order valence-corrected chi connectivity index (χ3v) is 5.98. The van der Waals surface area contributed by atoms with Gasteiger partial charge < -0.3 is 9.47 Å². The Morgan fingerprint density at radius 1 is 1.03 bits per heavy atom. The van der Waals surface area contributed by atoms with Crippen molar-refractivity contribution >= 4 is 67.2 Å². The number of hydrogen-bond acceptors (Lipinski definition) is 4.